The molecule has 0 radical (unpaired) electrons. The molecule has 1 atom stereocenters. The average molecular weight is 276 g/mol. The van der Waals surface area contributed by atoms with E-state index in [2.05, 4.69) is 17.1 Å². The Labute approximate surface area is 121 Å². The minimum atomic E-state index is -0.105. The summed E-state index contributed by atoms with van der Waals surface area (Å²) in [6.45, 7) is 7.02. The summed E-state index contributed by atoms with van der Waals surface area (Å²) in [5.74, 6) is 0.794. The van der Waals surface area contributed by atoms with Gasteiger partial charge in [-0.25, -0.2) is 4.39 Å². The molecule has 2 aliphatic rings. The van der Waals surface area contributed by atoms with Crippen molar-refractivity contribution in [3.05, 3.63) is 35.1 Å². The second kappa shape index (κ2) is 6.23. The van der Waals surface area contributed by atoms with E-state index >= 15 is 0 Å². The third-order valence-electron chi connectivity index (χ3n) is 4.88. The molecule has 1 N–H and O–H groups in total. The summed E-state index contributed by atoms with van der Waals surface area (Å²) in [6.07, 6.45) is 4.79. The number of benzene rings is 1. The van der Waals surface area contributed by atoms with Crippen LogP contribution in [-0.4, -0.2) is 31.1 Å². The molecule has 1 aliphatic carbocycles. The number of hydrogen-bond acceptors (Lipinski definition) is 2. The lowest BCUT2D eigenvalue weighted by molar-refractivity contribution is 0.191. The number of likely N-dealkylation sites (tertiary alicyclic amines) is 1. The lowest BCUT2D eigenvalue weighted by Gasteiger charge is -2.30. The van der Waals surface area contributed by atoms with Gasteiger partial charge in [-0.1, -0.05) is 13.0 Å². The van der Waals surface area contributed by atoms with E-state index in [4.69, 9.17) is 0 Å². The quantitative estimate of drug-likeness (QED) is 0.909. The van der Waals surface area contributed by atoms with E-state index in [1.807, 2.05) is 6.07 Å². The Morgan fingerprint density at radius 1 is 1.25 bits per heavy atom. The van der Waals surface area contributed by atoms with Gasteiger partial charge in [-0.15, -0.1) is 0 Å². The zero-order chi connectivity index (χ0) is 13.9. The molecule has 3 heteroatoms. The van der Waals surface area contributed by atoms with Crippen LogP contribution in [0.3, 0.4) is 0 Å². The van der Waals surface area contributed by atoms with Gasteiger partial charge < -0.3 is 10.2 Å². The van der Waals surface area contributed by atoms with E-state index in [1.165, 1.54) is 37.1 Å². The zero-order valence-electron chi connectivity index (χ0n) is 12.4. The lowest BCUT2D eigenvalue weighted by atomic mass is 9.99. The van der Waals surface area contributed by atoms with Crippen LogP contribution in [0.4, 0.5) is 4.39 Å². The van der Waals surface area contributed by atoms with Gasteiger partial charge in [-0.05, 0) is 68.0 Å². The zero-order valence-corrected chi connectivity index (χ0v) is 12.4. The molecule has 0 bridgehead atoms. The van der Waals surface area contributed by atoms with Crippen molar-refractivity contribution >= 4 is 0 Å². The number of piperidine rings is 1. The Kier molecular flexibility index (Phi) is 4.37. The van der Waals surface area contributed by atoms with Crippen molar-refractivity contribution in [1.29, 1.82) is 0 Å². The Morgan fingerprint density at radius 2 is 2.05 bits per heavy atom. The standard InChI is InChI=1S/C17H25FN2/c1-13-6-9-20(10-7-13)11-8-19-17-5-2-14-12-15(18)3-4-16(14)17/h3-4,12-13,17,19H,2,5-11H2,1H3. The van der Waals surface area contributed by atoms with Gasteiger partial charge in [0.15, 0.2) is 0 Å². The van der Waals surface area contributed by atoms with Crippen LogP contribution in [0.1, 0.15) is 43.4 Å². The number of nitrogens with zero attached hydrogens (tertiary/aromatic N) is 1. The highest BCUT2D eigenvalue weighted by Gasteiger charge is 2.22. The fourth-order valence-electron chi connectivity index (χ4n) is 3.48. The highest BCUT2D eigenvalue weighted by atomic mass is 19.1. The Bertz CT molecular complexity index is 452. The molecule has 0 saturated carbocycles. The van der Waals surface area contributed by atoms with Crippen molar-refractivity contribution in [2.45, 2.75) is 38.6 Å². The van der Waals surface area contributed by atoms with Crippen molar-refractivity contribution < 1.29 is 4.39 Å². The maximum atomic E-state index is 13.2. The topological polar surface area (TPSA) is 15.3 Å². The average Bonchev–Trinajstić information content (AvgIpc) is 2.83. The Balaban J connectivity index is 1.46. The predicted molar refractivity (Wildman–Crippen MR) is 80.3 cm³/mol. The maximum Gasteiger partial charge on any atom is 0.123 e. The van der Waals surface area contributed by atoms with Crippen LogP contribution >= 0.6 is 0 Å². The van der Waals surface area contributed by atoms with Gasteiger partial charge in [0.05, 0.1) is 0 Å². The molecule has 1 aliphatic heterocycles. The molecular weight excluding hydrogens is 251 g/mol. The van der Waals surface area contributed by atoms with Crippen LogP contribution in [0, 0.1) is 11.7 Å². The first kappa shape index (κ1) is 14.0. The predicted octanol–water partition coefficient (Wildman–Crippen LogP) is 3.13. The first-order valence-corrected chi connectivity index (χ1v) is 7.96. The number of aryl methyl sites for hydroxylation is 1. The van der Waals surface area contributed by atoms with Gasteiger partial charge in [-0.2, -0.15) is 0 Å². The summed E-state index contributed by atoms with van der Waals surface area (Å²) in [4.78, 5) is 2.56. The first-order valence-electron chi connectivity index (χ1n) is 7.96. The molecule has 0 amide bonds. The van der Waals surface area contributed by atoms with Gasteiger partial charge in [-0.3, -0.25) is 0 Å². The number of fused-ring (bicyclic) bond motifs is 1. The minimum absolute atomic E-state index is 0.105. The SMILES string of the molecule is CC1CCN(CCNC2CCc3cc(F)ccc32)CC1. The molecule has 1 heterocycles. The van der Waals surface area contributed by atoms with E-state index < -0.39 is 0 Å². The Hall–Kier alpha value is -0.930. The monoisotopic (exact) mass is 276 g/mol. The highest BCUT2D eigenvalue weighted by molar-refractivity contribution is 5.34. The number of halogens is 1. The first-order chi connectivity index (χ1) is 9.72. The van der Waals surface area contributed by atoms with Gasteiger partial charge in [0, 0.05) is 19.1 Å². The van der Waals surface area contributed by atoms with Gasteiger partial charge >= 0.3 is 0 Å². The summed E-state index contributed by atoms with van der Waals surface area (Å²) in [7, 11) is 0. The summed E-state index contributed by atoms with van der Waals surface area (Å²) >= 11 is 0. The van der Waals surface area contributed by atoms with Crippen molar-refractivity contribution in [3.8, 4) is 0 Å². The van der Waals surface area contributed by atoms with Crippen LogP contribution in [0.5, 0.6) is 0 Å². The summed E-state index contributed by atoms with van der Waals surface area (Å²) in [5.41, 5.74) is 2.49. The van der Waals surface area contributed by atoms with E-state index in [0.29, 0.717) is 6.04 Å². The van der Waals surface area contributed by atoms with Crippen molar-refractivity contribution in [3.63, 3.8) is 0 Å². The molecule has 1 aromatic carbocycles. The minimum Gasteiger partial charge on any atom is -0.309 e. The molecule has 20 heavy (non-hydrogen) atoms. The van der Waals surface area contributed by atoms with E-state index in [1.54, 1.807) is 12.1 Å². The fourth-order valence-corrected chi connectivity index (χ4v) is 3.48. The van der Waals surface area contributed by atoms with E-state index in [0.717, 1.165) is 31.8 Å². The molecule has 0 spiro atoms. The van der Waals surface area contributed by atoms with Gasteiger partial charge in [0.2, 0.25) is 0 Å². The molecule has 1 aromatic rings. The maximum absolute atomic E-state index is 13.2. The highest BCUT2D eigenvalue weighted by Crippen LogP contribution is 2.31. The van der Waals surface area contributed by atoms with Crippen LogP contribution in [-0.2, 0) is 6.42 Å². The molecule has 110 valence electrons. The molecule has 1 fully saturated rings. The molecular formula is C17H25FN2. The van der Waals surface area contributed by atoms with E-state index in [9.17, 15) is 4.39 Å². The molecule has 1 saturated heterocycles. The van der Waals surface area contributed by atoms with Crippen molar-refractivity contribution in [2.24, 2.45) is 5.92 Å². The Morgan fingerprint density at radius 3 is 2.85 bits per heavy atom. The molecule has 0 aromatic heterocycles. The smallest absolute Gasteiger partial charge is 0.123 e. The molecule has 2 nitrogen and oxygen atoms in total. The second-order valence-corrected chi connectivity index (χ2v) is 6.41. The van der Waals surface area contributed by atoms with Crippen LogP contribution in [0.2, 0.25) is 0 Å². The van der Waals surface area contributed by atoms with Gasteiger partial charge in [0.1, 0.15) is 5.82 Å². The van der Waals surface area contributed by atoms with Crippen molar-refractivity contribution in [2.75, 3.05) is 26.2 Å². The van der Waals surface area contributed by atoms with Crippen LogP contribution < -0.4 is 5.32 Å². The number of hydrogen-bond donors (Lipinski definition) is 1. The largest absolute Gasteiger partial charge is 0.309 e. The number of rotatable bonds is 4. The normalized spacial score (nSPS) is 24.0. The number of nitrogens with one attached hydrogen (secondary N) is 1. The molecule has 3 rings (SSSR count). The van der Waals surface area contributed by atoms with Crippen LogP contribution in [0.25, 0.3) is 0 Å². The lowest BCUT2D eigenvalue weighted by Crippen LogP contribution is -2.38. The van der Waals surface area contributed by atoms with Crippen LogP contribution in [0.15, 0.2) is 18.2 Å². The fraction of sp³-hybridized carbons (Fsp3) is 0.647. The second-order valence-electron chi connectivity index (χ2n) is 6.41. The molecule has 1 unspecified atom stereocenters. The third-order valence-corrected chi connectivity index (χ3v) is 4.88. The summed E-state index contributed by atoms with van der Waals surface area (Å²) < 4.78 is 13.2. The summed E-state index contributed by atoms with van der Waals surface area (Å²) in [5, 5.41) is 3.65. The van der Waals surface area contributed by atoms with E-state index in [-0.39, 0.29) is 5.82 Å². The van der Waals surface area contributed by atoms with Crippen molar-refractivity contribution in [1.82, 2.24) is 10.2 Å². The summed E-state index contributed by atoms with van der Waals surface area (Å²) in [6, 6.07) is 5.67. The third kappa shape index (κ3) is 3.21. The van der Waals surface area contributed by atoms with Gasteiger partial charge in [0.25, 0.3) is 0 Å².